The van der Waals surface area contributed by atoms with Gasteiger partial charge < -0.3 is 29.3 Å². The van der Waals surface area contributed by atoms with Gasteiger partial charge in [0.15, 0.2) is 10.9 Å². The van der Waals surface area contributed by atoms with Gasteiger partial charge in [0.05, 0.1) is 23.4 Å². The molecule has 228 valence electrons. The molecule has 1 fully saturated rings. The van der Waals surface area contributed by atoms with Crippen LogP contribution in [0.25, 0.3) is 11.3 Å². The fraction of sp³-hybridized carbons (Fsp3) is 0.360. The van der Waals surface area contributed by atoms with Crippen molar-refractivity contribution in [3.63, 3.8) is 0 Å². The second kappa shape index (κ2) is 13.2. The number of nitrogens with zero attached hydrogens (tertiary/aromatic N) is 4. The van der Waals surface area contributed by atoms with Gasteiger partial charge in [-0.15, -0.1) is 0 Å². The Morgan fingerprint density at radius 1 is 0.881 bits per heavy atom. The monoisotopic (exact) mass is 622 g/mol. The van der Waals surface area contributed by atoms with Crippen LogP contribution in [0.1, 0.15) is 21.0 Å². The number of furan rings is 1. The predicted molar refractivity (Wildman–Crippen MR) is 137 cm³/mol. The maximum absolute atomic E-state index is 13.0. The van der Waals surface area contributed by atoms with Crippen LogP contribution in [0.15, 0.2) is 47.1 Å². The quantitative estimate of drug-likeness (QED) is 0.395. The van der Waals surface area contributed by atoms with Gasteiger partial charge in [-0.2, -0.15) is 26.3 Å². The molecule has 4 heterocycles. The third-order valence-electron chi connectivity index (χ3n) is 5.93. The van der Waals surface area contributed by atoms with E-state index < -0.39 is 24.3 Å². The smallest absolute Gasteiger partial charge is 0.475 e. The zero-order chi connectivity index (χ0) is 31.2. The molecule has 1 saturated heterocycles. The summed E-state index contributed by atoms with van der Waals surface area (Å²) in [5.41, 5.74) is 3.27. The first kappa shape index (κ1) is 32.4. The molecule has 0 atom stereocenters. The molecule has 17 heteroatoms. The van der Waals surface area contributed by atoms with Crippen molar-refractivity contribution < 1.29 is 55.4 Å². The minimum Gasteiger partial charge on any atom is -0.475 e. The number of rotatable bonds is 2. The summed E-state index contributed by atoms with van der Waals surface area (Å²) in [7, 11) is 2.16. The highest BCUT2D eigenvalue weighted by Gasteiger charge is 2.39. The molecule has 2 aromatic heterocycles. The van der Waals surface area contributed by atoms with Gasteiger partial charge in [0.25, 0.3) is 5.91 Å². The number of carboxylic acid groups (broad SMARTS) is 2. The van der Waals surface area contributed by atoms with Crippen LogP contribution in [-0.2, 0) is 22.7 Å². The van der Waals surface area contributed by atoms with Crippen LogP contribution in [0.2, 0.25) is 0 Å². The lowest BCUT2D eigenvalue weighted by Gasteiger charge is -2.32. The number of hydrogen-bond donors (Lipinski definition) is 2. The third kappa shape index (κ3) is 8.45. The molecule has 0 bridgehead atoms. The lowest BCUT2D eigenvalue weighted by molar-refractivity contribution is -0.193. The summed E-state index contributed by atoms with van der Waals surface area (Å²) in [5, 5.41) is 15.3. The van der Waals surface area contributed by atoms with Crippen molar-refractivity contribution in [3.8, 4) is 11.3 Å². The van der Waals surface area contributed by atoms with Crippen LogP contribution in [0.5, 0.6) is 0 Å². The molecular weight excluding hydrogens is 598 g/mol. The maximum Gasteiger partial charge on any atom is 0.490 e. The highest BCUT2D eigenvalue weighted by atomic mass is 32.1. The number of carbonyl (C=O) groups is 3. The van der Waals surface area contributed by atoms with Gasteiger partial charge in [0, 0.05) is 38.3 Å². The summed E-state index contributed by atoms with van der Waals surface area (Å²) in [5.74, 6) is -5.22. The van der Waals surface area contributed by atoms with E-state index in [0.717, 1.165) is 53.0 Å². The van der Waals surface area contributed by atoms with Crippen LogP contribution < -0.4 is 4.90 Å². The standard InChI is InChI=1S/C21H22N4O2S.2C2HF3O2/c1-23-8-10-24(11-9-23)21-22-19-16-6-3-2-5-15(16)13-25(14-18(19)28-21)20(26)17-7-4-12-27-17;2*3-2(4,5)1(6)7/h2-7,12H,8-11,13-14H2,1H3;2*(H,6,7). The molecule has 0 unspecified atom stereocenters. The number of anilines is 1. The van der Waals surface area contributed by atoms with E-state index in [2.05, 4.69) is 29.0 Å². The molecule has 5 rings (SSSR count). The minimum atomic E-state index is -5.08. The number of carboxylic acids is 2. The first-order chi connectivity index (χ1) is 19.6. The minimum absolute atomic E-state index is 0.0813. The number of benzene rings is 1. The molecule has 2 N–H and O–H groups in total. The van der Waals surface area contributed by atoms with E-state index in [1.807, 2.05) is 17.0 Å². The van der Waals surface area contributed by atoms with E-state index in [1.54, 1.807) is 29.7 Å². The Bertz CT molecular complexity index is 1360. The van der Waals surface area contributed by atoms with E-state index >= 15 is 0 Å². The van der Waals surface area contributed by atoms with Gasteiger partial charge in [-0.3, -0.25) is 4.79 Å². The van der Waals surface area contributed by atoms with Gasteiger partial charge >= 0.3 is 24.3 Å². The van der Waals surface area contributed by atoms with E-state index in [1.165, 1.54) is 0 Å². The average molecular weight is 623 g/mol. The lowest BCUT2D eigenvalue weighted by Crippen LogP contribution is -2.44. The van der Waals surface area contributed by atoms with Gasteiger partial charge in [0.1, 0.15) is 0 Å². The largest absolute Gasteiger partial charge is 0.490 e. The number of alkyl halides is 6. The fourth-order valence-electron chi connectivity index (χ4n) is 3.81. The Morgan fingerprint density at radius 3 is 1.98 bits per heavy atom. The molecule has 2 aliphatic heterocycles. The second-order valence-corrected chi connectivity index (χ2v) is 10.0. The number of aromatic nitrogens is 1. The molecule has 10 nitrogen and oxygen atoms in total. The number of fused-ring (bicyclic) bond motifs is 3. The summed E-state index contributed by atoms with van der Waals surface area (Å²) in [6, 6.07) is 11.7. The number of carbonyl (C=O) groups excluding carboxylic acids is 1. The molecule has 1 amide bonds. The molecule has 0 saturated carbocycles. The van der Waals surface area contributed by atoms with Crippen LogP contribution in [0.4, 0.5) is 31.5 Å². The molecule has 1 aromatic carbocycles. The first-order valence-corrected chi connectivity index (χ1v) is 12.8. The number of hydrogen-bond acceptors (Lipinski definition) is 8. The van der Waals surface area contributed by atoms with Crippen molar-refractivity contribution in [1.82, 2.24) is 14.8 Å². The van der Waals surface area contributed by atoms with Crippen molar-refractivity contribution in [2.45, 2.75) is 25.4 Å². The van der Waals surface area contributed by atoms with Crippen molar-refractivity contribution in [3.05, 3.63) is 58.9 Å². The Balaban J connectivity index is 0.000000289. The maximum atomic E-state index is 13.0. The summed E-state index contributed by atoms with van der Waals surface area (Å²) in [6.07, 6.45) is -8.62. The summed E-state index contributed by atoms with van der Waals surface area (Å²) in [6.45, 7) is 5.17. The topological polar surface area (TPSA) is 127 Å². The zero-order valence-corrected chi connectivity index (χ0v) is 22.6. The molecule has 42 heavy (non-hydrogen) atoms. The molecule has 2 aliphatic rings. The number of amides is 1. The molecule has 3 aromatic rings. The Labute approximate surface area is 238 Å². The highest BCUT2D eigenvalue weighted by molar-refractivity contribution is 7.16. The number of aliphatic carboxylic acids is 2. The van der Waals surface area contributed by atoms with Gasteiger partial charge in [-0.25, -0.2) is 14.6 Å². The van der Waals surface area contributed by atoms with E-state index in [-0.39, 0.29) is 5.91 Å². The third-order valence-corrected chi connectivity index (χ3v) is 7.03. The Kier molecular flexibility index (Phi) is 10.2. The molecular formula is C25H24F6N4O6S. The molecule has 0 aliphatic carbocycles. The van der Waals surface area contributed by atoms with Crippen molar-refractivity contribution in [2.24, 2.45) is 0 Å². The average Bonchev–Trinajstić information content (AvgIpc) is 3.56. The van der Waals surface area contributed by atoms with Crippen LogP contribution in [0.3, 0.4) is 0 Å². The van der Waals surface area contributed by atoms with Crippen LogP contribution in [-0.4, -0.2) is 88.4 Å². The van der Waals surface area contributed by atoms with Gasteiger partial charge in [-0.05, 0) is 24.7 Å². The number of thiazole rings is 1. The second-order valence-electron chi connectivity index (χ2n) is 8.96. The fourth-order valence-corrected chi connectivity index (χ4v) is 4.96. The molecule has 0 spiro atoms. The first-order valence-electron chi connectivity index (χ1n) is 12.0. The van der Waals surface area contributed by atoms with Crippen LogP contribution in [0, 0.1) is 0 Å². The number of piperazine rings is 1. The molecule has 0 radical (unpaired) electrons. The van der Waals surface area contributed by atoms with Crippen molar-refractivity contribution in [1.29, 1.82) is 0 Å². The normalized spacial score (nSPS) is 15.2. The lowest BCUT2D eigenvalue weighted by atomic mass is 10.1. The van der Waals surface area contributed by atoms with Gasteiger partial charge in [0.2, 0.25) is 0 Å². The zero-order valence-electron chi connectivity index (χ0n) is 21.8. The highest BCUT2D eigenvalue weighted by Crippen LogP contribution is 2.39. The number of halogens is 6. The predicted octanol–water partition coefficient (Wildman–Crippen LogP) is 4.58. The van der Waals surface area contributed by atoms with E-state index in [4.69, 9.17) is 29.2 Å². The Hall–Kier alpha value is -4.12. The van der Waals surface area contributed by atoms with Crippen molar-refractivity contribution >= 4 is 34.3 Å². The summed E-state index contributed by atoms with van der Waals surface area (Å²) < 4.78 is 68.8. The summed E-state index contributed by atoms with van der Waals surface area (Å²) >= 11 is 1.71. The van der Waals surface area contributed by atoms with E-state index in [0.29, 0.717) is 18.8 Å². The Morgan fingerprint density at radius 2 is 1.45 bits per heavy atom. The van der Waals surface area contributed by atoms with E-state index in [9.17, 15) is 31.1 Å². The van der Waals surface area contributed by atoms with Gasteiger partial charge in [-0.1, -0.05) is 35.6 Å². The van der Waals surface area contributed by atoms with Crippen molar-refractivity contribution in [2.75, 3.05) is 38.1 Å². The summed E-state index contributed by atoms with van der Waals surface area (Å²) in [4.78, 5) is 43.5. The number of likely N-dealkylation sites (N-methyl/N-ethyl adjacent to an activating group) is 1. The van der Waals surface area contributed by atoms with Crippen LogP contribution >= 0.6 is 11.3 Å². The SMILES string of the molecule is CN1CCN(c2nc3c(s2)CN(C(=O)c2ccco2)Cc2ccccc2-3)CC1.O=C(O)C(F)(F)F.O=C(O)C(F)(F)F.